The second kappa shape index (κ2) is 8.54. The highest BCUT2D eigenvalue weighted by Gasteiger charge is 2.15. The highest BCUT2D eigenvalue weighted by atomic mass is 19.1. The Morgan fingerprint density at radius 1 is 0.935 bits per heavy atom. The maximum atomic E-state index is 13.8. The van der Waals surface area contributed by atoms with Gasteiger partial charge >= 0.3 is 0 Å². The minimum atomic E-state index is -0.562. The molecule has 2 aromatic heterocycles. The Labute approximate surface area is 176 Å². The number of hydrogen-bond acceptors (Lipinski definition) is 6. The van der Waals surface area contributed by atoms with Crippen molar-refractivity contribution in [2.24, 2.45) is 0 Å². The van der Waals surface area contributed by atoms with Gasteiger partial charge in [0.2, 0.25) is 0 Å². The van der Waals surface area contributed by atoms with Crippen LogP contribution in [0.4, 0.5) is 15.8 Å². The van der Waals surface area contributed by atoms with Crippen molar-refractivity contribution >= 4 is 23.2 Å². The van der Waals surface area contributed by atoms with Crippen LogP contribution in [0.1, 0.15) is 26.7 Å². The van der Waals surface area contributed by atoms with E-state index in [0.717, 1.165) is 6.07 Å². The zero-order chi connectivity index (χ0) is 21.8. The van der Waals surface area contributed by atoms with Crippen LogP contribution in [0.5, 0.6) is 0 Å². The van der Waals surface area contributed by atoms with Gasteiger partial charge in [0.05, 0.1) is 11.4 Å². The molecular weight excluding hydrogens is 401 g/mol. The minimum Gasteiger partial charge on any atom is -0.334 e. The molecule has 2 amide bonds. The van der Waals surface area contributed by atoms with Crippen LogP contribution in [-0.2, 0) is 0 Å². The first-order valence-electron chi connectivity index (χ1n) is 9.23. The fraction of sp³-hybridized carbons (Fsp3) is 0.0455. The van der Waals surface area contributed by atoms with E-state index < -0.39 is 17.6 Å². The molecule has 0 spiro atoms. The Balaban J connectivity index is 1.52. The summed E-state index contributed by atoms with van der Waals surface area (Å²) in [5, 5.41) is 8.99. The maximum absolute atomic E-state index is 13.8. The summed E-state index contributed by atoms with van der Waals surface area (Å²) in [5.41, 5.74) is 1.53. The first-order valence-corrected chi connectivity index (χ1v) is 9.23. The third-order valence-electron chi connectivity index (χ3n) is 4.30. The van der Waals surface area contributed by atoms with Crippen LogP contribution in [-0.4, -0.2) is 26.9 Å². The molecule has 0 aliphatic carbocycles. The minimum absolute atomic E-state index is 0.117. The van der Waals surface area contributed by atoms with Crippen LogP contribution < -0.4 is 10.6 Å². The molecule has 4 aromatic rings. The summed E-state index contributed by atoms with van der Waals surface area (Å²) in [7, 11) is 0. The van der Waals surface area contributed by atoms with E-state index in [0.29, 0.717) is 22.8 Å². The Morgan fingerprint density at radius 2 is 1.71 bits per heavy atom. The molecule has 2 heterocycles. The number of rotatable bonds is 5. The average molecular weight is 417 g/mol. The average Bonchev–Trinajstić information content (AvgIpc) is 3.22. The van der Waals surface area contributed by atoms with Crippen LogP contribution >= 0.6 is 0 Å². The molecule has 0 aliphatic rings. The summed E-state index contributed by atoms with van der Waals surface area (Å²) >= 11 is 0. The van der Waals surface area contributed by atoms with Gasteiger partial charge < -0.3 is 15.2 Å². The van der Waals surface area contributed by atoms with Gasteiger partial charge in [0, 0.05) is 17.3 Å². The smallest absolute Gasteiger partial charge is 0.274 e. The molecule has 9 heteroatoms. The molecule has 0 aliphatic heterocycles. The number of amides is 2. The topological polar surface area (TPSA) is 110 Å². The molecule has 0 atom stereocenters. The SMILES string of the molecule is Cc1noc(-c2ccc(C(=O)Nc3cc(F)ccc3NC(=O)c3ccccn3)cc2)n1. The van der Waals surface area contributed by atoms with E-state index in [1.54, 1.807) is 49.4 Å². The number of carbonyl (C=O) groups is 2. The predicted octanol–water partition coefficient (Wildman–Crippen LogP) is 4.08. The molecule has 31 heavy (non-hydrogen) atoms. The fourth-order valence-corrected chi connectivity index (χ4v) is 2.79. The number of hydrogen-bond donors (Lipinski definition) is 2. The predicted molar refractivity (Wildman–Crippen MR) is 111 cm³/mol. The lowest BCUT2D eigenvalue weighted by Gasteiger charge is -2.12. The van der Waals surface area contributed by atoms with Gasteiger partial charge in [-0.25, -0.2) is 4.39 Å². The van der Waals surface area contributed by atoms with Crippen LogP contribution in [0.25, 0.3) is 11.5 Å². The van der Waals surface area contributed by atoms with Crippen LogP contribution in [0, 0.1) is 12.7 Å². The molecule has 8 nitrogen and oxygen atoms in total. The molecule has 2 N–H and O–H groups in total. The number of nitrogens with zero attached hydrogens (tertiary/aromatic N) is 3. The molecule has 0 radical (unpaired) electrons. The van der Waals surface area contributed by atoms with Gasteiger partial charge in [-0.05, 0) is 61.5 Å². The number of anilines is 2. The monoisotopic (exact) mass is 417 g/mol. The number of halogens is 1. The summed E-state index contributed by atoms with van der Waals surface area (Å²) in [4.78, 5) is 33.2. The van der Waals surface area contributed by atoms with Crippen LogP contribution in [0.3, 0.4) is 0 Å². The number of nitrogens with one attached hydrogen (secondary N) is 2. The molecule has 2 aromatic carbocycles. The van der Waals surface area contributed by atoms with E-state index in [4.69, 9.17) is 4.52 Å². The first kappa shape index (κ1) is 19.9. The highest BCUT2D eigenvalue weighted by molar-refractivity contribution is 6.09. The van der Waals surface area contributed by atoms with Gasteiger partial charge in [-0.2, -0.15) is 4.98 Å². The van der Waals surface area contributed by atoms with E-state index >= 15 is 0 Å². The molecule has 4 rings (SSSR count). The number of aryl methyl sites for hydroxylation is 1. The van der Waals surface area contributed by atoms with Crippen molar-refractivity contribution < 1.29 is 18.5 Å². The normalized spacial score (nSPS) is 10.5. The van der Waals surface area contributed by atoms with Crippen molar-refractivity contribution in [3.05, 3.63) is 89.8 Å². The Hall–Kier alpha value is -4.40. The van der Waals surface area contributed by atoms with Crippen LogP contribution in [0.15, 0.2) is 71.4 Å². The first-order chi connectivity index (χ1) is 15.0. The summed E-state index contributed by atoms with van der Waals surface area (Å²) in [6.45, 7) is 1.71. The van der Waals surface area contributed by atoms with E-state index in [-0.39, 0.29) is 17.1 Å². The molecule has 0 bridgehead atoms. The molecule has 0 fully saturated rings. The largest absolute Gasteiger partial charge is 0.334 e. The molecule has 154 valence electrons. The van der Waals surface area contributed by atoms with Crippen molar-refractivity contribution in [2.45, 2.75) is 6.92 Å². The third kappa shape index (κ3) is 4.61. The van der Waals surface area contributed by atoms with Crippen molar-refractivity contribution in [3.63, 3.8) is 0 Å². The second-order valence-corrected chi connectivity index (χ2v) is 6.54. The van der Waals surface area contributed by atoms with E-state index in [1.807, 2.05) is 0 Å². The van der Waals surface area contributed by atoms with Crippen molar-refractivity contribution in [1.82, 2.24) is 15.1 Å². The zero-order valence-corrected chi connectivity index (χ0v) is 16.3. The van der Waals surface area contributed by atoms with E-state index in [2.05, 4.69) is 25.8 Å². The Morgan fingerprint density at radius 3 is 2.39 bits per heavy atom. The van der Waals surface area contributed by atoms with Gasteiger partial charge in [0.1, 0.15) is 11.5 Å². The summed E-state index contributed by atoms with van der Waals surface area (Å²) in [6.07, 6.45) is 1.49. The number of pyridine rings is 1. The number of carbonyl (C=O) groups excluding carboxylic acids is 2. The standard InChI is InChI=1S/C22H16FN5O3/c1-13-25-22(31-28-13)15-7-5-14(6-8-15)20(29)27-19-12-16(23)9-10-17(19)26-21(30)18-4-2-3-11-24-18/h2-12H,1H3,(H,26,30)(H,27,29). The molecule has 0 saturated carbocycles. The highest BCUT2D eigenvalue weighted by Crippen LogP contribution is 2.25. The lowest BCUT2D eigenvalue weighted by Crippen LogP contribution is -2.17. The Bertz CT molecular complexity index is 1240. The quantitative estimate of drug-likeness (QED) is 0.506. The lowest BCUT2D eigenvalue weighted by molar-refractivity contribution is 0.101. The maximum Gasteiger partial charge on any atom is 0.274 e. The lowest BCUT2D eigenvalue weighted by atomic mass is 10.1. The van der Waals surface area contributed by atoms with Gasteiger partial charge in [-0.15, -0.1) is 0 Å². The van der Waals surface area contributed by atoms with Gasteiger partial charge in [-0.3, -0.25) is 14.6 Å². The van der Waals surface area contributed by atoms with Gasteiger partial charge in [0.25, 0.3) is 17.7 Å². The van der Waals surface area contributed by atoms with Crippen molar-refractivity contribution in [1.29, 1.82) is 0 Å². The number of aromatic nitrogens is 3. The third-order valence-corrected chi connectivity index (χ3v) is 4.30. The van der Waals surface area contributed by atoms with E-state index in [1.165, 1.54) is 18.3 Å². The summed E-state index contributed by atoms with van der Waals surface area (Å²) in [6, 6.07) is 15.1. The summed E-state index contributed by atoms with van der Waals surface area (Å²) in [5.74, 6) is -0.681. The van der Waals surface area contributed by atoms with Crippen molar-refractivity contribution in [3.8, 4) is 11.5 Å². The fourth-order valence-electron chi connectivity index (χ4n) is 2.79. The zero-order valence-electron chi connectivity index (χ0n) is 16.3. The van der Waals surface area contributed by atoms with Crippen LogP contribution in [0.2, 0.25) is 0 Å². The van der Waals surface area contributed by atoms with E-state index in [9.17, 15) is 14.0 Å². The molecule has 0 unspecified atom stereocenters. The molecular formula is C22H16FN5O3. The van der Waals surface area contributed by atoms with Crippen molar-refractivity contribution in [2.75, 3.05) is 10.6 Å². The molecule has 0 saturated heterocycles. The summed E-state index contributed by atoms with van der Waals surface area (Å²) < 4.78 is 18.9. The van der Waals surface area contributed by atoms with Gasteiger partial charge in [-0.1, -0.05) is 11.2 Å². The number of benzene rings is 2. The Kier molecular flexibility index (Phi) is 5.48. The van der Waals surface area contributed by atoms with Gasteiger partial charge in [0.15, 0.2) is 5.82 Å². The second-order valence-electron chi connectivity index (χ2n) is 6.54.